The van der Waals surface area contributed by atoms with E-state index in [9.17, 15) is 19.5 Å². The van der Waals surface area contributed by atoms with Gasteiger partial charge in [0.15, 0.2) is 0 Å². The number of ketones is 1. The molecule has 0 fully saturated rings. The van der Waals surface area contributed by atoms with Crippen LogP contribution in [0, 0.1) is 12.3 Å². The first-order valence-electron chi connectivity index (χ1n) is 6.92. The van der Waals surface area contributed by atoms with Gasteiger partial charge >= 0.3 is 11.9 Å². The zero-order valence-corrected chi connectivity index (χ0v) is 21.7. The van der Waals surface area contributed by atoms with Gasteiger partial charge in [-0.1, -0.05) is 22.6 Å². The Morgan fingerprint density at radius 2 is 1.48 bits per heavy atom. The molecule has 0 saturated heterocycles. The molecule has 0 aromatic carbocycles. The van der Waals surface area contributed by atoms with Crippen LogP contribution in [0.1, 0.15) is 41.5 Å². The van der Waals surface area contributed by atoms with Crippen molar-refractivity contribution in [2.75, 3.05) is 13.2 Å². The normalized spacial score (nSPS) is 9.40. The maximum atomic E-state index is 11.2. The third-order valence-corrected chi connectivity index (χ3v) is 2.28. The van der Waals surface area contributed by atoms with Crippen molar-refractivity contribution in [2.45, 2.75) is 47.1 Å². The van der Waals surface area contributed by atoms with Crippen LogP contribution in [0.15, 0.2) is 9.66 Å². The van der Waals surface area contributed by atoms with Gasteiger partial charge in [0, 0.05) is 43.2 Å². The molecule has 146 valence electrons. The number of esters is 2. The highest BCUT2D eigenvalue weighted by atomic mass is 128. The minimum atomic E-state index is -1.13. The molecule has 0 spiro atoms. The molecule has 0 aromatic heterocycles. The fourth-order valence-corrected chi connectivity index (χ4v) is 1.83. The van der Waals surface area contributed by atoms with Gasteiger partial charge in [-0.25, -0.2) is 9.59 Å². The van der Waals surface area contributed by atoms with Gasteiger partial charge in [-0.15, -0.1) is 6.42 Å². The third-order valence-electron chi connectivity index (χ3n) is 1.66. The summed E-state index contributed by atoms with van der Waals surface area (Å²) in [7, 11) is 0. The van der Waals surface area contributed by atoms with Gasteiger partial charge in [0.1, 0.15) is 5.78 Å². The van der Waals surface area contributed by atoms with E-state index in [0.717, 1.165) is 0 Å². The number of ether oxygens (including phenoxy) is 2. The summed E-state index contributed by atoms with van der Waals surface area (Å²) in [5.74, 6) is 0.918. The Labute approximate surface area is 187 Å². The van der Waals surface area contributed by atoms with Crippen molar-refractivity contribution < 1.29 is 29.0 Å². The second kappa shape index (κ2) is 22.1. The number of Topliss-reactive ketones (excluding diaryl/α,β-unsaturated/α-hetero) is 1. The number of rotatable bonds is 4. The summed E-state index contributed by atoms with van der Waals surface area (Å²) in [5.41, 5.74) is -0.849. The quantitative estimate of drug-likeness (QED) is 0.156. The molecule has 0 heterocycles. The van der Waals surface area contributed by atoms with Gasteiger partial charge in [0.2, 0.25) is 0 Å². The Hall–Kier alpha value is 0.0600. The van der Waals surface area contributed by atoms with Crippen molar-refractivity contribution in [2.24, 2.45) is 0 Å². The summed E-state index contributed by atoms with van der Waals surface area (Å²) >= 11 is 6.15. The lowest BCUT2D eigenvalue weighted by molar-refractivity contribution is -0.140. The van der Waals surface area contributed by atoms with Crippen LogP contribution in [-0.2, 0) is 23.9 Å². The summed E-state index contributed by atoms with van der Waals surface area (Å²) in [6, 6.07) is 0. The van der Waals surface area contributed by atoms with Crippen molar-refractivity contribution in [3.63, 3.8) is 0 Å². The number of hydrogen-bond acceptors (Lipinski definition) is 6. The highest BCUT2D eigenvalue weighted by Gasteiger charge is 2.26. The molecule has 25 heavy (non-hydrogen) atoms. The monoisotopic (exact) mass is 694 g/mol. The van der Waals surface area contributed by atoms with Crippen molar-refractivity contribution in [3.8, 4) is 12.3 Å². The molecular formula is C16H25I3O6. The zero-order valence-electron chi connectivity index (χ0n) is 15.2. The van der Waals surface area contributed by atoms with Crippen LogP contribution in [0.25, 0.3) is 0 Å². The molecule has 0 rings (SSSR count). The van der Waals surface area contributed by atoms with Gasteiger partial charge in [0.25, 0.3) is 0 Å². The molecule has 1 N–H and O–H groups in total. The van der Waals surface area contributed by atoms with Crippen molar-refractivity contribution in [1.82, 2.24) is 0 Å². The Bertz CT molecular complexity index is 444. The van der Waals surface area contributed by atoms with Gasteiger partial charge in [-0.2, -0.15) is 0 Å². The molecule has 0 unspecified atom stereocenters. The summed E-state index contributed by atoms with van der Waals surface area (Å²) < 4.78 is 10.6. The van der Waals surface area contributed by atoms with E-state index in [0.29, 0.717) is 13.2 Å². The van der Waals surface area contributed by atoms with E-state index >= 15 is 0 Å². The minimum Gasteiger partial charge on any atom is -0.463 e. The maximum absolute atomic E-state index is 11.2. The van der Waals surface area contributed by atoms with Crippen molar-refractivity contribution >= 4 is 77.5 Å². The van der Waals surface area contributed by atoms with E-state index in [1.54, 1.807) is 33.6 Å². The molecule has 0 atom stereocenters. The fourth-order valence-electron chi connectivity index (χ4n) is 0.809. The largest absolute Gasteiger partial charge is 0.463 e. The average Bonchev–Trinajstić information content (AvgIpc) is 2.49. The summed E-state index contributed by atoms with van der Waals surface area (Å²) in [6.45, 7) is 10.3. The standard InChI is InChI=1S/C8H13IO3.C5H6O2.C3H6O.I2/c1-4-12-7(10)6(5-9)8(2,3)11;1-3-5(6)7-4-2;1-3(2)4;1-2/h5,11H,4H2,1-3H3;1H,4H2,2H3;1-2H3;/b6-5+;;;. The van der Waals surface area contributed by atoms with Crippen LogP contribution < -0.4 is 0 Å². The predicted octanol–water partition coefficient (Wildman–Crippen LogP) is 4.19. The SMILES string of the molecule is C#CC(=O)OCC.CC(C)=O.CCOC(=O)/C(=C\I)C(C)(C)O.II. The molecule has 0 amide bonds. The Kier molecular flexibility index (Phi) is 28.9. The number of halogens is 3. The lowest BCUT2D eigenvalue weighted by atomic mass is 10.0. The van der Waals surface area contributed by atoms with Gasteiger partial charge in [-0.05, 0) is 45.6 Å². The van der Waals surface area contributed by atoms with Crippen LogP contribution in [0.5, 0.6) is 0 Å². The second-order valence-corrected chi connectivity index (χ2v) is 5.20. The molecule has 0 radical (unpaired) electrons. The molecular weight excluding hydrogens is 669 g/mol. The lowest BCUT2D eigenvalue weighted by Crippen LogP contribution is -2.28. The summed E-state index contributed by atoms with van der Waals surface area (Å²) in [5, 5.41) is 9.50. The van der Waals surface area contributed by atoms with E-state index < -0.39 is 17.5 Å². The molecule has 0 aliphatic rings. The summed E-state index contributed by atoms with van der Waals surface area (Å²) in [6.07, 6.45) is 4.63. The fraction of sp³-hybridized carbons (Fsp3) is 0.562. The maximum Gasteiger partial charge on any atom is 0.384 e. The van der Waals surface area contributed by atoms with Gasteiger partial charge < -0.3 is 19.4 Å². The Morgan fingerprint density at radius 1 is 1.12 bits per heavy atom. The van der Waals surface area contributed by atoms with Crippen molar-refractivity contribution in [3.05, 3.63) is 9.66 Å². The van der Waals surface area contributed by atoms with E-state index in [2.05, 4.69) is 48.4 Å². The third kappa shape index (κ3) is 29.1. The topological polar surface area (TPSA) is 89.9 Å². The molecule has 0 saturated carbocycles. The van der Waals surface area contributed by atoms with E-state index in [1.807, 2.05) is 22.6 Å². The molecule has 9 heteroatoms. The lowest BCUT2D eigenvalue weighted by Gasteiger charge is -2.18. The molecule has 0 aliphatic carbocycles. The number of carbonyl (C=O) groups excluding carboxylic acids is 3. The van der Waals surface area contributed by atoms with E-state index in [4.69, 9.17) is 4.74 Å². The average molecular weight is 694 g/mol. The highest BCUT2D eigenvalue weighted by molar-refractivity contribution is 15.0. The van der Waals surface area contributed by atoms with Gasteiger partial charge in [-0.3, -0.25) is 0 Å². The zero-order chi connectivity index (χ0) is 21.1. The summed E-state index contributed by atoms with van der Waals surface area (Å²) in [4.78, 5) is 30.6. The van der Waals surface area contributed by atoms with E-state index in [1.165, 1.54) is 17.9 Å². The predicted molar refractivity (Wildman–Crippen MR) is 125 cm³/mol. The van der Waals surface area contributed by atoms with Crippen LogP contribution in [0.3, 0.4) is 0 Å². The molecule has 0 bridgehead atoms. The first kappa shape index (κ1) is 32.7. The number of hydrogen-bond donors (Lipinski definition) is 1. The van der Waals surface area contributed by atoms with E-state index in [-0.39, 0.29) is 11.4 Å². The number of terminal acetylenes is 1. The second-order valence-electron chi connectivity index (χ2n) is 4.58. The Morgan fingerprint density at radius 3 is 1.64 bits per heavy atom. The highest BCUT2D eigenvalue weighted by Crippen LogP contribution is 2.18. The van der Waals surface area contributed by atoms with Gasteiger partial charge in [0.05, 0.1) is 24.4 Å². The molecule has 0 aromatic rings. The number of aliphatic hydroxyl groups is 1. The first-order valence-corrected chi connectivity index (χ1v) is 14.5. The van der Waals surface area contributed by atoms with Crippen molar-refractivity contribution in [1.29, 1.82) is 0 Å². The van der Waals surface area contributed by atoms with Crippen LogP contribution in [0.2, 0.25) is 0 Å². The Balaban J connectivity index is -0.000000143. The molecule has 0 aliphatic heterocycles. The van der Waals surface area contributed by atoms with Crippen LogP contribution in [0.4, 0.5) is 0 Å². The molecule has 6 nitrogen and oxygen atoms in total. The van der Waals surface area contributed by atoms with Crippen LogP contribution in [-0.4, -0.2) is 41.6 Å². The number of carbonyl (C=O) groups is 3. The smallest absolute Gasteiger partial charge is 0.384 e. The first-order chi connectivity index (χ1) is 11.5. The van der Waals surface area contributed by atoms with Crippen LogP contribution >= 0.6 is 59.8 Å². The minimum absolute atomic E-state index is 0.167.